The van der Waals surface area contributed by atoms with Crippen molar-refractivity contribution in [1.82, 2.24) is 10.3 Å². The fourth-order valence-corrected chi connectivity index (χ4v) is 2.35. The molecule has 0 radical (unpaired) electrons. The number of pyridine rings is 1. The molecule has 4 nitrogen and oxygen atoms in total. The van der Waals surface area contributed by atoms with Crippen LogP contribution in [0.1, 0.15) is 38.4 Å². The van der Waals surface area contributed by atoms with Crippen molar-refractivity contribution in [2.75, 3.05) is 31.2 Å². The molecule has 1 aliphatic rings. The molecule has 0 spiro atoms. The smallest absolute Gasteiger partial charge is 0.0641 e. The maximum absolute atomic E-state index is 5.56. The van der Waals surface area contributed by atoms with Gasteiger partial charge in [-0.25, -0.2) is 0 Å². The molecule has 0 atom stereocenters. The Kier molecular flexibility index (Phi) is 5.00. The molecule has 1 saturated heterocycles. The van der Waals surface area contributed by atoms with Gasteiger partial charge in [0.15, 0.2) is 0 Å². The van der Waals surface area contributed by atoms with Crippen LogP contribution in [0.5, 0.6) is 0 Å². The SMILES string of the molecule is Cc1cc(N2CCCOCC2)c(CNC(C)(C)C)cn1. The fourth-order valence-electron chi connectivity index (χ4n) is 2.35. The molecule has 0 unspecified atom stereocenters. The number of aryl methyl sites for hydroxylation is 1. The number of nitrogens with one attached hydrogen (secondary N) is 1. The monoisotopic (exact) mass is 277 g/mol. The average molecular weight is 277 g/mol. The fraction of sp³-hybridized carbons (Fsp3) is 0.688. The lowest BCUT2D eigenvalue weighted by Crippen LogP contribution is -2.36. The van der Waals surface area contributed by atoms with Crippen molar-refractivity contribution in [2.45, 2.75) is 46.2 Å². The van der Waals surface area contributed by atoms with Gasteiger partial charge < -0.3 is 15.0 Å². The number of aromatic nitrogens is 1. The summed E-state index contributed by atoms with van der Waals surface area (Å²) in [5.74, 6) is 0. The molecular weight excluding hydrogens is 250 g/mol. The van der Waals surface area contributed by atoms with Gasteiger partial charge in [0.2, 0.25) is 0 Å². The van der Waals surface area contributed by atoms with E-state index >= 15 is 0 Å². The molecule has 1 fully saturated rings. The maximum Gasteiger partial charge on any atom is 0.0641 e. The Morgan fingerprint density at radius 3 is 2.85 bits per heavy atom. The van der Waals surface area contributed by atoms with Crippen LogP contribution in [-0.2, 0) is 11.3 Å². The topological polar surface area (TPSA) is 37.4 Å². The molecule has 2 heterocycles. The summed E-state index contributed by atoms with van der Waals surface area (Å²) >= 11 is 0. The lowest BCUT2D eigenvalue weighted by molar-refractivity contribution is 0.152. The molecule has 2 rings (SSSR count). The maximum atomic E-state index is 5.56. The van der Waals surface area contributed by atoms with Crippen molar-refractivity contribution < 1.29 is 4.74 Å². The number of anilines is 1. The lowest BCUT2D eigenvalue weighted by atomic mass is 10.1. The summed E-state index contributed by atoms with van der Waals surface area (Å²) in [6.07, 6.45) is 3.10. The van der Waals surface area contributed by atoms with E-state index in [0.29, 0.717) is 0 Å². The van der Waals surface area contributed by atoms with Gasteiger partial charge in [-0.05, 0) is 40.2 Å². The number of hydrogen-bond donors (Lipinski definition) is 1. The molecule has 0 saturated carbocycles. The number of nitrogens with zero attached hydrogens (tertiary/aromatic N) is 2. The van der Waals surface area contributed by atoms with Crippen LogP contribution >= 0.6 is 0 Å². The Hall–Kier alpha value is -1.13. The zero-order valence-corrected chi connectivity index (χ0v) is 13.2. The van der Waals surface area contributed by atoms with Gasteiger partial charge in [-0.15, -0.1) is 0 Å². The van der Waals surface area contributed by atoms with Gasteiger partial charge in [0.05, 0.1) is 6.61 Å². The van der Waals surface area contributed by atoms with Crippen LogP contribution in [0.3, 0.4) is 0 Å². The summed E-state index contributed by atoms with van der Waals surface area (Å²) < 4.78 is 5.56. The number of ether oxygens (including phenoxy) is 1. The zero-order valence-electron chi connectivity index (χ0n) is 13.2. The van der Waals surface area contributed by atoms with Gasteiger partial charge in [-0.1, -0.05) is 0 Å². The predicted molar refractivity (Wildman–Crippen MR) is 83.2 cm³/mol. The van der Waals surface area contributed by atoms with E-state index in [1.165, 1.54) is 11.3 Å². The van der Waals surface area contributed by atoms with E-state index in [1.54, 1.807) is 0 Å². The second kappa shape index (κ2) is 6.55. The highest BCUT2D eigenvalue weighted by Gasteiger charge is 2.16. The summed E-state index contributed by atoms with van der Waals surface area (Å²) in [5, 5.41) is 3.55. The summed E-state index contributed by atoms with van der Waals surface area (Å²) in [5.41, 5.74) is 3.76. The molecule has 20 heavy (non-hydrogen) atoms. The van der Waals surface area contributed by atoms with Crippen LogP contribution < -0.4 is 10.2 Å². The zero-order chi connectivity index (χ0) is 14.6. The van der Waals surface area contributed by atoms with E-state index in [-0.39, 0.29) is 5.54 Å². The average Bonchev–Trinajstić information content (AvgIpc) is 2.65. The standard InChI is InChI=1S/C16H27N3O/c1-13-10-15(19-6-5-8-20-9-7-19)14(11-17-13)12-18-16(2,3)4/h10-11,18H,5-9,12H2,1-4H3. The van der Waals surface area contributed by atoms with E-state index in [0.717, 1.165) is 45.0 Å². The second-order valence-corrected chi connectivity index (χ2v) is 6.51. The van der Waals surface area contributed by atoms with Crippen molar-refractivity contribution in [3.05, 3.63) is 23.5 Å². The largest absolute Gasteiger partial charge is 0.380 e. The molecule has 1 aliphatic heterocycles. The Morgan fingerprint density at radius 2 is 2.10 bits per heavy atom. The van der Waals surface area contributed by atoms with E-state index in [2.05, 4.69) is 49.0 Å². The van der Waals surface area contributed by atoms with Gasteiger partial charge in [0.1, 0.15) is 0 Å². The van der Waals surface area contributed by atoms with Crippen LogP contribution in [0.2, 0.25) is 0 Å². The highest BCUT2D eigenvalue weighted by Crippen LogP contribution is 2.22. The van der Waals surface area contributed by atoms with Gasteiger partial charge in [-0.3, -0.25) is 4.98 Å². The third-order valence-electron chi connectivity index (χ3n) is 3.47. The van der Waals surface area contributed by atoms with Gasteiger partial charge in [0.25, 0.3) is 0 Å². The van der Waals surface area contributed by atoms with Gasteiger partial charge in [-0.2, -0.15) is 0 Å². The molecule has 1 aromatic rings. The highest BCUT2D eigenvalue weighted by atomic mass is 16.5. The first-order valence-electron chi connectivity index (χ1n) is 7.49. The summed E-state index contributed by atoms with van der Waals surface area (Å²) in [4.78, 5) is 6.89. The third kappa shape index (κ3) is 4.46. The first-order chi connectivity index (χ1) is 9.46. The summed E-state index contributed by atoms with van der Waals surface area (Å²) in [6.45, 7) is 13.2. The van der Waals surface area contributed by atoms with Crippen LogP contribution in [0, 0.1) is 6.92 Å². The molecule has 112 valence electrons. The molecule has 1 N–H and O–H groups in total. The van der Waals surface area contributed by atoms with Crippen molar-refractivity contribution in [2.24, 2.45) is 0 Å². The van der Waals surface area contributed by atoms with Crippen molar-refractivity contribution >= 4 is 5.69 Å². The van der Waals surface area contributed by atoms with Crippen LogP contribution in [-0.4, -0.2) is 36.8 Å². The van der Waals surface area contributed by atoms with Gasteiger partial charge >= 0.3 is 0 Å². The Labute approximate surface area is 122 Å². The quantitative estimate of drug-likeness (QED) is 0.921. The lowest BCUT2D eigenvalue weighted by Gasteiger charge is -2.27. The van der Waals surface area contributed by atoms with Crippen LogP contribution in [0.4, 0.5) is 5.69 Å². The number of hydrogen-bond acceptors (Lipinski definition) is 4. The third-order valence-corrected chi connectivity index (χ3v) is 3.47. The minimum atomic E-state index is 0.115. The summed E-state index contributed by atoms with van der Waals surface area (Å²) in [7, 11) is 0. The normalized spacial score (nSPS) is 17.1. The van der Waals surface area contributed by atoms with Crippen LogP contribution in [0.15, 0.2) is 12.3 Å². The van der Waals surface area contributed by atoms with E-state index < -0.39 is 0 Å². The Balaban J connectivity index is 2.18. The molecule has 0 aromatic carbocycles. The molecule has 4 heteroatoms. The minimum absolute atomic E-state index is 0.115. The predicted octanol–water partition coefficient (Wildman–Crippen LogP) is 2.50. The van der Waals surface area contributed by atoms with Crippen molar-refractivity contribution in [3.63, 3.8) is 0 Å². The van der Waals surface area contributed by atoms with Crippen molar-refractivity contribution in [1.29, 1.82) is 0 Å². The second-order valence-electron chi connectivity index (χ2n) is 6.51. The van der Waals surface area contributed by atoms with E-state index in [1.807, 2.05) is 6.20 Å². The first kappa shape index (κ1) is 15.3. The van der Waals surface area contributed by atoms with E-state index in [9.17, 15) is 0 Å². The first-order valence-corrected chi connectivity index (χ1v) is 7.49. The number of rotatable bonds is 3. The molecule has 0 bridgehead atoms. The minimum Gasteiger partial charge on any atom is -0.380 e. The summed E-state index contributed by atoms with van der Waals surface area (Å²) in [6, 6.07) is 2.20. The molecule has 0 aliphatic carbocycles. The molecular formula is C16H27N3O. The molecule has 1 aromatic heterocycles. The Bertz CT molecular complexity index is 432. The Morgan fingerprint density at radius 1 is 1.30 bits per heavy atom. The van der Waals surface area contributed by atoms with E-state index in [4.69, 9.17) is 4.74 Å². The molecule has 0 amide bonds. The van der Waals surface area contributed by atoms with Crippen molar-refractivity contribution in [3.8, 4) is 0 Å². The highest BCUT2D eigenvalue weighted by molar-refractivity contribution is 5.53. The van der Waals surface area contributed by atoms with Crippen LogP contribution in [0.25, 0.3) is 0 Å². The van der Waals surface area contributed by atoms with Gasteiger partial charge in [0, 0.05) is 54.9 Å².